The highest BCUT2D eigenvalue weighted by atomic mass is 16.1. The van der Waals surface area contributed by atoms with Crippen molar-refractivity contribution >= 4 is 16.6 Å². The fourth-order valence-electron chi connectivity index (χ4n) is 3.07. The van der Waals surface area contributed by atoms with Crippen molar-refractivity contribution in [2.45, 2.75) is 20.3 Å². The first-order chi connectivity index (χ1) is 11.2. The molecule has 0 aliphatic carbocycles. The number of fused-ring (bicyclic) bond motifs is 1. The molecule has 118 valence electrons. The second-order valence-corrected chi connectivity index (χ2v) is 5.72. The number of aromatic nitrogens is 1. The average molecular weight is 306 g/mol. The average Bonchev–Trinajstić information content (AvgIpc) is 2.56. The smallest absolute Gasteiger partial charge is 0.248 e. The van der Waals surface area contributed by atoms with E-state index < -0.39 is 0 Å². The van der Waals surface area contributed by atoms with Crippen LogP contribution in [0.3, 0.4) is 0 Å². The summed E-state index contributed by atoms with van der Waals surface area (Å²) in [6.45, 7) is 6.19. The van der Waals surface area contributed by atoms with Crippen LogP contribution in [0.2, 0.25) is 0 Å². The molecule has 3 heteroatoms. The van der Waals surface area contributed by atoms with E-state index in [-0.39, 0.29) is 5.56 Å². The largest absolute Gasteiger partial charge is 0.372 e. The Labute approximate surface area is 136 Å². The van der Waals surface area contributed by atoms with Gasteiger partial charge in [0.05, 0.1) is 5.52 Å². The van der Waals surface area contributed by atoms with Crippen LogP contribution in [-0.4, -0.2) is 18.1 Å². The van der Waals surface area contributed by atoms with E-state index in [1.807, 2.05) is 18.2 Å². The molecule has 0 aliphatic rings. The number of pyridine rings is 1. The number of aromatic amines is 1. The fourth-order valence-corrected chi connectivity index (χ4v) is 3.07. The van der Waals surface area contributed by atoms with E-state index in [9.17, 15) is 4.79 Å². The van der Waals surface area contributed by atoms with Crippen molar-refractivity contribution in [2.75, 3.05) is 18.0 Å². The van der Waals surface area contributed by atoms with E-state index in [4.69, 9.17) is 0 Å². The number of hydrogen-bond donors (Lipinski definition) is 1. The van der Waals surface area contributed by atoms with E-state index in [0.29, 0.717) is 0 Å². The van der Waals surface area contributed by atoms with Crippen molar-refractivity contribution in [1.29, 1.82) is 0 Å². The lowest BCUT2D eigenvalue weighted by Gasteiger charge is -2.21. The van der Waals surface area contributed by atoms with Gasteiger partial charge in [0.25, 0.3) is 0 Å². The number of benzene rings is 2. The van der Waals surface area contributed by atoms with E-state index in [2.05, 4.69) is 54.1 Å². The highest BCUT2D eigenvalue weighted by Crippen LogP contribution is 2.24. The van der Waals surface area contributed by atoms with Gasteiger partial charge in [-0.2, -0.15) is 0 Å². The number of nitrogens with one attached hydrogen (secondary N) is 1. The monoisotopic (exact) mass is 306 g/mol. The minimum atomic E-state index is -0.0415. The van der Waals surface area contributed by atoms with Crippen molar-refractivity contribution in [2.24, 2.45) is 0 Å². The van der Waals surface area contributed by atoms with Gasteiger partial charge in [0.1, 0.15) is 0 Å². The molecule has 1 N–H and O–H groups in total. The summed E-state index contributed by atoms with van der Waals surface area (Å²) in [4.78, 5) is 17.3. The standard InChI is InChI=1S/C20H22N2O/c1-3-22(4-2)17-10-11-18-16(12-15-8-6-5-7-9-15)13-20(23)21-19(18)14-17/h5-11,13-14H,3-4,12H2,1-2H3,(H,21,23). The Kier molecular flexibility index (Phi) is 4.47. The predicted molar refractivity (Wildman–Crippen MR) is 97.4 cm³/mol. The van der Waals surface area contributed by atoms with Crippen LogP contribution in [0.5, 0.6) is 0 Å². The van der Waals surface area contributed by atoms with E-state index in [0.717, 1.165) is 41.7 Å². The summed E-state index contributed by atoms with van der Waals surface area (Å²) in [5.41, 5.74) is 4.30. The Balaban J connectivity index is 2.07. The molecule has 0 fully saturated rings. The van der Waals surface area contributed by atoms with Crippen molar-refractivity contribution in [3.05, 3.63) is 76.1 Å². The van der Waals surface area contributed by atoms with Crippen molar-refractivity contribution in [3.8, 4) is 0 Å². The second-order valence-electron chi connectivity index (χ2n) is 5.72. The third-order valence-electron chi connectivity index (χ3n) is 4.28. The molecule has 23 heavy (non-hydrogen) atoms. The SMILES string of the molecule is CCN(CC)c1ccc2c(Cc3ccccc3)cc(=O)[nH]c2c1. The molecule has 0 radical (unpaired) electrons. The third kappa shape index (κ3) is 3.29. The van der Waals surface area contributed by atoms with Gasteiger partial charge in [-0.15, -0.1) is 0 Å². The van der Waals surface area contributed by atoms with Gasteiger partial charge in [-0.3, -0.25) is 4.79 Å². The van der Waals surface area contributed by atoms with Gasteiger partial charge in [-0.1, -0.05) is 36.4 Å². The molecule has 3 nitrogen and oxygen atoms in total. The minimum absolute atomic E-state index is 0.0415. The minimum Gasteiger partial charge on any atom is -0.372 e. The predicted octanol–water partition coefficient (Wildman–Crippen LogP) is 3.97. The van der Waals surface area contributed by atoms with Crippen molar-refractivity contribution < 1.29 is 0 Å². The molecular formula is C20H22N2O. The Morgan fingerprint density at radius 2 is 1.70 bits per heavy atom. The Bertz CT molecular complexity index is 848. The van der Waals surface area contributed by atoms with Gasteiger partial charge >= 0.3 is 0 Å². The Morgan fingerprint density at radius 1 is 0.957 bits per heavy atom. The number of H-pyrrole nitrogens is 1. The summed E-state index contributed by atoms with van der Waals surface area (Å²) in [6, 6.07) is 18.3. The van der Waals surface area contributed by atoms with Gasteiger partial charge in [0.2, 0.25) is 5.56 Å². The molecule has 0 saturated heterocycles. The Morgan fingerprint density at radius 3 is 2.39 bits per heavy atom. The molecule has 0 saturated carbocycles. The molecule has 0 aliphatic heterocycles. The van der Waals surface area contributed by atoms with Crippen molar-refractivity contribution in [1.82, 2.24) is 4.98 Å². The van der Waals surface area contributed by atoms with Crippen LogP contribution in [0.1, 0.15) is 25.0 Å². The topological polar surface area (TPSA) is 36.1 Å². The molecular weight excluding hydrogens is 284 g/mol. The van der Waals surface area contributed by atoms with E-state index in [1.165, 1.54) is 5.56 Å². The molecule has 0 unspecified atom stereocenters. The highest BCUT2D eigenvalue weighted by molar-refractivity contribution is 5.85. The normalized spacial score (nSPS) is 10.9. The molecule has 1 heterocycles. The summed E-state index contributed by atoms with van der Waals surface area (Å²) in [5, 5.41) is 1.12. The lowest BCUT2D eigenvalue weighted by atomic mass is 10.0. The fraction of sp³-hybridized carbons (Fsp3) is 0.250. The summed E-state index contributed by atoms with van der Waals surface area (Å²) >= 11 is 0. The first-order valence-electron chi connectivity index (χ1n) is 8.16. The van der Waals surface area contributed by atoms with Crippen LogP contribution in [0.25, 0.3) is 10.9 Å². The van der Waals surface area contributed by atoms with Crippen LogP contribution in [0.4, 0.5) is 5.69 Å². The zero-order chi connectivity index (χ0) is 16.2. The zero-order valence-corrected chi connectivity index (χ0v) is 13.7. The summed E-state index contributed by atoms with van der Waals surface area (Å²) in [6.07, 6.45) is 0.770. The molecule has 0 atom stereocenters. The van der Waals surface area contributed by atoms with Gasteiger partial charge in [0.15, 0.2) is 0 Å². The molecule has 0 spiro atoms. The maximum absolute atomic E-state index is 12.0. The second kappa shape index (κ2) is 6.69. The molecule has 1 aromatic heterocycles. The summed E-state index contributed by atoms with van der Waals surface area (Å²) < 4.78 is 0. The quantitative estimate of drug-likeness (QED) is 0.774. The molecule has 0 amide bonds. The van der Waals surface area contributed by atoms with E-state index >= 15 is 0 Å². The van der Waals surface area contributed by atoms with Crippen LogP contribution in [0.15, 0.2) is 59.4 Å². The lowest BCUT2D eigenvalue weighted by molar-refractivity contribution is 0.867. The van der Waals surface area contributed by atoms with Crippen LogP contribution >= 0.6 is 0 Å². The highest BCUT2D eigenvalue weighted by Gasteiger charge is 2.08. The summed E-state index contributed by atoms with van der Waals surface area (Å²) in [7, 11) is 0. The number of rotatable bonds is 5. The van der Waals surface area contributed by atoms with Gasteiger partial charge in [-0.25, -0.2) is 0 Å². The van der Waals surface area contributed by atoms with Gasteiger partial charge in [0, 0.05) is 30.2 Å². The number of anilines is 1. The molecule has 3 aromatic rings. The van der Waals surface area contributed by atoms with Gasteiger partial charge in [-0.05, 0) is 43.5 Å². The first-order valence-corrected chi connectivity index (χ1v) is 8.16. The Hall–Kier alpha value is -2.55. The maximum Gasteiger partial charge on any atom is 0.248 e. The summed E-state index contributed by atoms with van der Waals surface area (Å²) in [5.74, 6) is 0. The first kappa shape index (κ1) is 15.3. The maximum atomic E-state index is 12.0. The van der Waals surface area contributed by atoms with E-state index in [1.54, 1.807) is 6.07 Å². The van der Waals surface area contributed by atoms with Crippen LogP contribution in [-0.2, 0) is 6.42 Å². The van der Waals surface area contributed by atoms with Crippen LogP contribution in [0, 0.1) is 0 Å². The van der Waals surface area contributed by atoms with Crippen molar-refractivity contribution in [3.63, 3.8) is 0 Å². The zero-order valence-electron chi connectivity index (χ0n) is 13.7. The van der Waals surface area contributed by atoms with Crippen LogP contribution < -0.4 is 10.5 Å². The number of hydrogen-bond acceptors (Lipinski definition) is 2. The lowest BCUT2D eigenvalue weighted by Crippen LogP contribution is -2.21. The molecule has 2 aromatic carbocycles. The molecule has 0 bridgehead atoms. The third-order valence-corrected chi connectivity index (χ3v) is 4.28. The molecule has 3 rings (SSSR count). The van der Waals surface area contributed by atoms with Gasteiger partial charge < -0.3 is 9.88 Å². The number of nitrogens with zero attached hydrogens (tertiary/aromatic N) is 1.